The maximum absolute atomic E-state index is 9.09. The lowest BCUT2D eigenvalue weighted by atomic mass is 10.1. The number of hydrogen-bond donors (Lipinski definition) is 4. The van der Waals surface area contributed by atoms with Crippen molar-refractivity contribution in [2.24, 2.45) is 0 Å². The van der Waals surface area contributed by atoms with Gasteiger partial charge in [-0.2, -0.15) is 0 Å². The summed E-state index contributed by atoms with van der Waals surface area (Å²) in [4.78, 5) is 9.00. The topological polar surface area (TPSA) is 107 Å². The van der Waals surface area contributed by atoms with E-state index < -0.39 is 30.4 Å². The van der Waals surface area contributed by atoms with Crippen LogP contribution in [-0.2, 0) is 9.53 Å². The average Bonchev–Trinajstić information content (AvgIpc) is 2.99. The Kier molecular flexibility index (Phi) is 34.1. The summed E-state index contributed by atoms with van der Waals surface area (Å²) in [7, 11) is 0. The minimum atomic E-state index is -0.944. The van der Waals surface area contributed by atoms with Crippen LogP contribution in [0.1, 0.15) is 106 Å². The van der Waals surface area contributed by atoms with Gasteiger partial charge in [-0.25, -0.2) is 0 Å². The van der Waals surface area contributed by atoms with E-state index in [1.807, 2.05) is 6.08 Å². The van der Waals surface area contributed by atoms with Gasteiger partial charge in [-0.1, -0.05) is 85.6 Å². The lowest BCUT2D eigenvalue weighted by Crippen LogP contribution is -2.36. The van der Waals surface area contributed by atoms with Gasteiger partial charge in [0.1, 0.15) is 18.3 Å². The molecule has 30 heavy (non-hydrogen) atoms. The summed E-state index contributed by atoms with van der Waals surface area (Å²) < 4.78 is 4.89. The van der Waals surface area contributed by atoms with Crippen molar-refractivity contribution in [3.63, 3.8) is 0 Å². The summed E-state index contributed by atoms with van der Waals surface area (Å²) in [6.07, 6.45) is 12.5. The first kappa shape index (κ1) is 36.4. The van der Waals surface area contributed by atoms with Crippen LogP contribution in [0.25, 0.3) is 0 Å². The van der Waals surface area contributed by atoms with E-state index in [2.05, 4.69) is 27.4 Å². The second kappa shape index (κ2) is 28.1. The number of aliphatic hydroxyl groups excluding tert-OH is 3. The Hall–Kier alpha value is -0.950. The summed E-state index contributed by atoms with van der Waals surface area (Å²) in [6.45, 7) is 13.1. The van der Waals surface area contributed by atoms with Crippen LogP contribution >= 0.6 is 0 Å². The molecule has 0 radical (unpaired) electrons. The maximum Gasteiger partial charge on any atom is 0.300 e. The predicted molar refractivity (Wildman–Crippen MR) is 127 cm³/mol. The van der Waals surface area contributed by atoms with Crippen LogP contribution in [-0.4, -0.2) is 57.4 Å². The van der Waals surface area contributed by atoms with Gasteiger partial charge in [-0.15, -0.1) is 6.58 Å². The normalized spacial score (nSPS) is 20.1. The van der Waals surface area contributed by atoms with Gasteiger partial charge in [-0.05, 0) is 19.8 Å². The van der Waals surface area contributed by atoms with Gasteiger partial charge in [0, 0.05) is 6.92 Å². The van der Waals surface area contributed by atoms with E-state index in [0.29, 0.717) is 0 Å². The molecule has 1 heterocycles. The Morgan fingerprint density at radius 1 is 1.03 bits per heavy atom. The average molecular weight is 437 g/mol. The lowest BCUT2D eigenvalue weighted by molar-refractivity contribution is -0.134. The van der Waals surface area contributed by atoms with E-state index in [4.69, 9.17) is 30.0 Å². The van der Waals surface area contributed by atoms with Crippen molar-refractivity contribution in [3.05, 3.63) is 12.7 Å². The first-order valence-electron chi connectivity index (χ1n) is 11.2. The minimum Gasteiger partial charge on any atom is -0.481 e. The van der Waals surface area contributed by atoms with Crippen LogP contribution in [0.5, 0.6) is 0 Å². The first-order valence-corrected chi connectivity index (χ1v) is 11.2. The number of carbonyl (C=O) groups is 1. The van der Waals surface area contributed by atoms with Gasteiger partial charge < -0.3 is 25.2 Å². The third kappa shape index (κ3) is 29.3. The van der Waals surface area contributed by atoms with Gasteiger partial charge in [0.05, 0.1) is 12.7 Å². The molecule has 1 aliphatic heterocycles. The van der Waals surface area contributed by atoms with E-state index in [0.717, 1.165) is 6.92 Å². The zero-order valence-electron chi connectivity index (χ0n) is 19.5. The van der Waals surface area contributed by atoms with E-state index in [1.165, 1.54) is 71.1 Å². The molecule has 0 amide bonds. The molecule has 0 saturated carbocycles. The highest BCUT2D eigenvalue weighted by Crippen LogP contribution is 2.16. The summed E-state index contributed by atoms with van der Waals surface area (Å²) in [5.74, 6) is -0.833. The number of unbranched alkanes of at least 4 members (excludes halogenated alkanes) is 8. The second-order valence-corrected chi connectivity index (χ2v) is 7.31. The molecule has 0 aromatic rings. The van der Waals surface area contributed by atoms with Crippen molar-refractivity contribution in [1.82, 2.24) is 0 Å². The Morgan fingerprint density at radius 2 is 1.47 bits per heavy atom. The zero-order valence-corrected chi connectivity index (χ0v) is 19.5. The van der Waals surface area contributed by atoms with Crippen molar-refractivity contribution in [2.75, 3.05) is 6.61 Å². The molecule has 0 bridgehead atoms. The molecule has 0 aliphatic carbocycles. The fraction of sp³-hybridized carbons (Fsp3) is 0.875. The minimum absolute atomic E-state index is 0. The van der Waals surface area contributed by atoms with E-state index in [9.17, 15) is 0 Å². The number of rotatable bonds is 10. The molecule has 1 unspecified atom stereocenters. The fourth-order valence-corrected chi connectivity index (χ4v) is 2.47. The van der Waals surface area contributed by atoms with Gasteiger partial charge in [0.15, 0.2) is 0 Å². The molecule has 184 valence electrons. The number of aliphatic hydroxyl groups is 3. The number of allylic oxidation sites excluding steroid dienone is 1. The SMILES string of the molecule is C.C=CCCCCCCCC.CC(=O)O.CCCCC.C[C@@H](O)[C@H]1OCC(O)[C@H]1O. The summed E-state index contributed by atoms with van der Waals surface area (Å²) in [5.41, 5.74) is 0. The highest BCUT2D eigenvalue weighted by atomic mass is 16.5. The monoisotopic (exact) mass is 436 g/mol. The van der Waals surface area contributed by atoms with Gasteiger partial charge in [0.2, 0.25) is 0 Å². The van der Waals surface area contributed by atoms with Crippen LogP contribution in [0.2, 0.25) is 0 Å². The predicted octanol–water partition coefficient (Wildman–Crippen LogP) is 5.33. The third-order valence-corrected chi connectivity index (χ3v) is 4.13. The highest BCUT2D eigenvalue weighted by molar-refractivity contribution is 5.62. The number of carboxylic acid groups (broad SMARTS) is 1. The van der Waals surface area contributed by atoms with Crippen LogP contribution < -0.4 is 0 Å². The zero-order chi connectivity index (χ0) is 23.1. The van der Waals surface area contributed by atoms with Crippen LogP contribution in [0, 0.1) is 0 Å². The summed E-state index contributed by atoms with van der Waals surface area (Å²) >= 11 is 0. The molecule has 1 fully saturated rings. The van der Waals surface area contributed by atoms with Crippen LogP contribution in [0.15, 0.2) is 12.7 Å². The summed E-state index contributed by atoms with van der Waals surface area (Å²) in [6, 6.07) is 0. The molecular formula is C24H52O6. The third-order valence-electron chi connectivity index (χ3n) is 4.13. The van der Waals surface area contributed by atoms with Crippen LogP contribution in [0.3, 0.4) is 0 Å². The number of ether oxygens (including phenoxy) is 1. The van der Waals surface area contributed by atoms with Gasteiger partial charge in [-0.3, -0.25) is 4.79 Å². The second-order valence-electron chi connectivity index (χ2n) is 7.31. The quantitative estimate of drug-likeness (QED) is 0.272. The first-order chi connectivity index (χ1) is 13.7. The van der Waals surface area contributed by atoms with E-state index in [1.54, 1.807) is 0 Å². The summed E-state index contributed by atoms with van der Waals surface area (Å²) in [5, 5.41) is 34.4. The molecule has 1 saturated heterocycles. The largest absolute Gasteiger partial charge is 0.481 e. The molecule has 4 N–H and O–H groups in total. The smallest absolute Gasteiger partial charge is 0.300 e. The highest BCUT2D eigenvalue weighted by Gasteiger charge is 2.37. The molecular weight excluding hydrogens is 384 g/mol. The van der Waals surface area contributed by atoms with Crippen molar-refractivity contribution in [3.8, 4) is 0 Å². The molecule has 0 spiro atoms. The fourth-order valence-electron chi connectivity index (χ4n) is 2.47. The maximum atomic E-state index is 9.09. The van der Waals surface area contributed by atoms with Gasteiger partial charge in [0.25, 0.3) is 5.97 Å². The Balaban J connectivity index is -0.000000159. The Labute approximate surface area is 186 Å². The lowest BCUT2D eigenvalue weighted by Gasteiger charge is -2.16. The van der Waals surface area contributed by atoms with Crippen molar-refractivity contribution >= 4 is 5.97 Å². The Bertz CT molecular complexity index is 341. The van der Waals surface area contributed by atoms with Gasteiger partial charge >= 0.3 is 0 Å². The van der Waals surface area contributed by atoms with E-state index in [-0.39, 0.29) is 14.0 Å². The van der Waals surface area contributed by atoms with E-state index >= 15 is 0 Å². The van der Waals surface area contributed by atoms with Crippen molar-refractivity contribution in [2.45, 2.75) is 131 Å². The molecule has 0 aromatic heterocycles. The molecule has 1 rings (SSSR count). The molecule has 4 atom stereocenters. The molecule has 6 heteroatoms. The van der Waals surface area contributed by atoms with Crippen molar-refractivity contribution in [1.29, 1.82) is 0 Å². The molecule has 6 nitrogen and oxygen atoms in total. The molecule has 0 aromatic carbocycles. The number of carboxylic acids is 1. The Morgan fingerprint density at radius 3 is 1.73 bits per heavy atom. The molecule has 1 aliphatic rings. The van der Waals surface area contributed by atoms with Crippen molar-refractivity contribution < 1.29 is 30.0 Å². The number of hydrogen-bond acceptors (Lipinski definition) is 5. The standard InChI is InChI=1S/C10H20.C6H12O4.C5H12.C2H4O2.CH4/c1-3-5-7-9-10-8-6-4-2;1-3(7)6-5(9)4(8)2-10-6;1-3-5-4-2;1-2(3)4;/h3H,1,4-10H2,2H3;3-9H,2H2,1H3;3-5H2,1-2H3;1H3,(H,3,4);1H4/t;3-,4?,5-,6-;;;/m.1.../s1. The number of aliphatic carboxylic acids is 1. The van der Waals surface area contributed by atoms with Crippen LogP contribution in [0.4, 0.5) is 0 Å².